The molecule has 3 rings (SSSR count). The maximum Gasteiger partial charge on any atom is 0.170 e. The third-order valence-electron chi connectivity index (χ3n) is 5.00. The van der Waals surface area contributed by atoms with Crippen molar-refractivity contribution in [1.82, 2.24) is 10.2 Å². The van der Waals surface area contributed by atoms with E-state index in [0.29, 0.717) is 5.11 Å². The van der Waals surface area contributed by atoms with Crippen LogP contribution >= 0.6 is 24.0 Å². The maximum absolute atomic E-state index is 5.44. The molecule has 0 radical (unpaired) electrons. The fourth-order valence-electron chi connectivity index (χ4n) is 3.41. The number of benzene rings is 2. The molecule has 2 aromatic carbocycles. The zero-order valence-electron chi connectivity index (χ0n) is 16.5. The first-order valence-electron chi connectivity index (χ1n) is 10.3. The van der Waals surface area contributed by atoms with Crippen LogP contribution in [0.5, 0.6) is 0 Å². The molecule has 0 aliphatic carbocycles. The van der Waals surface area contributed by atoms with Crippen molar-refractivity contribution in [2.75, 3.05) is 31.5 Å². The van der Waals surface area contributed by atoms with E-state index in [9.17, 15) is 0 Å². The molecule has 0 bridgehead atoms. The molecule has 3 nitrogen and oxygen atoms in total. The second-order valence-corrected chi connectivity index (χ2v) is 8.75. The van der Waals surface area contributed by atoms with E-state index in [-0.39, 0.29) is 0 Å². The Morgan fingerprint density at radius 2 is 1.64 bits per heavy atom. The minimum absolute atomic E-state index is 0.710. The number of hydrogen-bond acceptors (Lipinski definition) is 3. The van der Waals surface area contributed by atoms with E-state index in [1.807, 2.05) is 11.8 Å². The van der Waals surface area contributed by atoms with Crippen molar-refractivity contribution in [3.63, 3.8) is 0 Å². The number of thioether (sulfide) groups is 1. The Hall–Kier alpha value is -1.56. The third kappa shape index (κ3) is 7.82. The van der Waals surface area contributed by atoms with Gasteiger partial charge in [-0.2, -0.15) is 0 Å². The molecule has 5 heteroatoms. The Labute approximate surface area is 179 Å². The highest BCUT2D eigenvalue weighted by atomic mass is 32.2. The van der Waals surface area contributed by atoms with Crippen LogP contribution in [0.4, 0.5) is 5.69 Å². The summed E-state index contributed by atoms with van der Waals surface area (Å²) in [6.07, 6.45) is 6.64. The van der Waals surface area contributed by atoms with Crippen molar-refractivity contribution in [3.05, 3.63) is 60.2 Å². The van der Waals surface area contributed by atoms with E-state index in [1.165, 1.54) is 55.8 Å². The predicted octanol–water partition coefficient (Wildman–Crippen LogP) is 5.53. The smallest absolute Gasteiger partial charge is 0.170 e. The van der Waals surface area contributed by atoms with Crippen molar-refractivity contribution >= 4 is 34.8 Å². The minimum atomic E-state index is 0.710. The molecule has 0 unspecified atom stereocenters. The average molecular weight is 414 g/mol. The van der Waals surface area contributed by atoms with E-state index >= 15 is 0 Å². The molecule has 1 aliphatic rings. The first kappa shape index (κ1) is 21.2. The van der Waals surface area contributed by atoms with Crippen LogP contribution in [0.15, 0.2) is 59.5 Å². The molecule has 2 N–H and O–H groups in total. The molecule has 1 heterocycles. The lowest BCUT2D eigenvalue weighted by Crippen LogP contribution is -2.32. The Morgan fingerprint density at radius 1 is 0.929 bits per heavy atom. The number of nitrogens with one attached hydrogen (secondary N) is 2. The van der Waals surface area contributed by atoms with E-state index in [0.717, 1.165) is 24.4 Å². The highest BCUT2D eigenvalue weighted by Gasteiger charge is 2.08. The Kier molecular flexibility index (Phi) is 9.14. The van der Waals surface area contributed by atoms with Gasteiger partial charge in [-0.15, -0.1) is 11.8 Å². The van der Waals surface area contributed by atoms with Gasteiger partial charge in [0.15, 0.2) is 5.11 Å². The second-order valence-electron chi connectivity index (χ2n) is 7.29. The van der Waals surface area contributed by atoms with Gasteiger partial charge in [-0.25, -0.2) is 0 Å². The quantitative estimate of drug-likeness (QED) is 0.337. The normalized spacial score (nSPS) is 15.0. The summed E-state index contributed by atoms with van der Waals surface area (Å²) in [4.78, 5) is 3.90. The number of likely N-dealkylation sites (tertiary alicyclic amines) is 1. The molecular weight excluding hydrogens is 382 g/mol. The predicted molar refractivity (Wildman–Crippen MR) is 126 cm³/mol. The molecule has 1 aliphatic heterocycles. The van der Waals surface area contributed by atoms with E-state index < -0.39 is 0 Å². The number of anilines is 1. The maximum atomic E-state index is 5.44. The van der Waals surface area contributed by atoms with Gasteiger partial charge < -0.3 is 15.5 Å². The molecule has 0 saturated carbocycles. The lowest BCUT2D eigenvalue weighted by molar-refractivity contribution is 0.282. The van der Waals surface area contributed by atoms with Crippen LogP contribution < -0.4 is 10.6 Å². The summed E-state index contributed by atoms with van der Waals surface area (Å²) in [5.41, 5.74) is 2.36. The molecule has 1 fully saturated rings. The van der Waals surface area contributed by atoms with Crippen LogP contribution in [0.3, 0.4) is 0 Å². The fourth-order valence-corrected chi connectivity index (χ4v) is 4.50. The Morgan fingerprint density at radius 3 is 2.36 bits per heavy atom. The molecule has 28 heavy (non-hydrogen) atoms. The summed E-state index contributed by atoms with van der Waals surface area (Å²) >= 11 is 7.29. The number of nitrogens with zero attached hydrogens (tertiary/aromatic N) is 1. The first-order chi connectivity index (χ1) is 13.8. The summed E-state index contributed by atoms with van der Waals surface area (Å²) in [5.74, 6) is 0.976. The van der Waals surface area contributed by atoms with Crippen LogP contribution in [0.25, 0.3) is 0 Å². The minimum Gasteiger partial charge on any atom is -0.362 e. The van der Waals surface area contributed by atoms with Crippen LogP contribution in [-0.4, -0.2) is 36.2 Å². The fraction of sp³-hybridized carbons (Fsp3) is 0.435. The molecule has 0 amide bonds. The number of rotatable bonds is 8. The molecule has 0 spiro atoms. The molecule has 0 aromatic heterocycles. The molecule has 2 aromatic rings. The zero-order valence-corrected chi connectivity index (χ0v) is 18.2. The van der Waals surface area contributed by atoms with Gasteiger partial charge in [0, 0.05) is 22.9 Å². The lowest BCUT2D eigenvalue weighted by atomic mass is 10.2. The summed E-state index contributed by atoms with van der Waals surface area (Å²) < 4.78 is 0. The van der Waals surface area contributed by atoms with E-state index in [2.05, 4.69) is 70.1 Å². The number of thiocarbonyl (C=S) groups is 1. The lowest BCUT2D eigenvalue weighted by Gasteiger charge is -2.19. The van der Waals surface area contributed by atoms with Gasteiger partial charge in [-0.05, 0) is 80.9 Å². The topological polar surface area (TPSA) is 27.3 Å². The van der Waals surface area contributed by atoms with Crippen LogP contribution in [0.2, 0.25) is 0 Å². The van der Waals surface area contributed by atoms with Crippen LogP contribution in [0, 0.1) is 0 Å². The van der Waals surface area contributed by atoms with Crippen molar-refractivity contribution in [2.45, 2.75) is 42.8 Å². The zero-order chi connectivity index (χ0) is 19.4. The monoisotopic (exact) mass is 413 g/mol. The average Bonchev–Trinajstić information content (AvgIpc) is 3.00. The Bertz CT molecular complexity index is 696. The van der Waals surface area contributed by atoms with Crippen LogP contribution in [-0.2, 0) is 5.75 Å². The van der Waals surface area contributed by atoms with E-state index in [1.54, 1.807) is 0 Å². The van der Waals surface area contributed by atoms with Gasteiger partial charge in [0.05, 0.1) is 0 Å². The Balaban J connectivity index is 1.32. The second kappa shape index (κ2) is 12.1. The third-order valence-corrected chi connectivity index (χ3v) is 6.33. The standard InChI is InChI=1S/C23H31N3S2/c27-23(24-15-8-18-26-16-6-1-2-7-17-26)25-21-13-11-20(12-14-21)19-28-22-9-4-3-5-10-22/h3-5,9-14H,1-2,6-8,15-19H2,(H2,24,25,27). The molecule has 1 saturated heterocycles. The van der Waals surface area contributed by atoms with Gasteiger partial charge >= 0.3 is 0 Å². The highest BCUT2D eigenvalue weighted by Crippen LogP contribution is 2.23. The summed E-state index contributed by atoms with van der Waals surface area (Å²) in [6.45, 7) is 4.62. The van der Waals surface area contributed by atoms with Gasteiger partial charge in [0.25, 0.3) is 0 Å². The SMILES string of the molecule is S=C(NCCCN1CCCCCC1)Nc1ccc(CSc2ccccc2)cc1. The summed E-state index contributed by atoms with van der Waals surface area (Å²) in [7, 11) is 0. The van der Waals surface area contributed by atoms with Crippen molar-refractivity contribution in [1.29, 1.82) is 0 Å². The van der Waals surface area contributed by atoms with Crippen LogP contribution in [0.1, 0.15) is 37.7 Å². The molecule has 0 atom stereocenters. The van der Waals surface area contributed by atoms with Crippen molar-refractivity contribution in [2.24, 2.45) is 0 Å². The molecular formula is C23H31N3S2. The van der Waals surface area contributed by atoms with Crippen molar-refractivity contribution < 1.29 is 0 Å². The summed E-state index contributed by atoms with van der Waals surface area (Å²) in [6, 6.07) is 19.1. The van der Waals surface area contributed by atoms with Crippen molar-refractivity contribution in [3.8, 4) is 0 Å². The van der Waals surface area contributed by atoms with Gasteiger partial charge in [0.2, 0.25) is 0 Å². The number of hydrogen-bond donors (Lipinski definition) is 2. The first-order valence-corrected chi connectivity index (χ1v) is 11.7. The molecule has 150 valence electrons. The van der Waals surface area contributed by atoms with Gasteiger partial charge in [-0.1, -0.05) is 43.2 Å². The largest absolute Gasteiger partial charge is 0.362 e. The van der Waals surface area contributed by atoms with E-state index in [4.69, 9.17) is 12.2 Å². The summed E-state index contributed by atoms with van der Waals surface area (Å²) in [5, 5.41) is 7.34. The highest BCUT2D eigenvalue weighted by molar-refractivity contribution is 7.98. The van der Waals surface area contributed by atoms with Gasteiger partial charge in [-0.3, -0.25) is 0 Å². The van der Waals surface area contributed by atoms with Gasteiger partial charge in [0.1, 0.15) is 0 Å².